The van der Waals surface area contributed by atoms with E-state index in [1.807, 2.05) is 6.92 Å². The van der Waals surface area contributed by atoms with Gasteiger partial charge in [-0.05, 0) is 38.5 Å². The van der Waals surface area contributed by atoms with Crippen molar-refractivity contribution in [3.8, 4) is 0 Å². The Morgan fingerprint density at radius 1 is 1.41 bits per heavy atom. The van der Waals surface area contributed by atoms with Gasteiger partial charge in [-0.2, -0.15) is 0 Å². The van der Waals surface area contributed by atoms with E-state index in [9.17, 15) is 4.79 Å². The summed E-state index contributed by atoms with van der Waals surface area (Å²) in [5.41, 5.74) is 0. The normalized spacial score (nSPS) is 30.2. The molecule has 1 amide bonds. The summed E-state index contributed by atoms with van der Waals surface area (Å²) >= 11 is 0. The van der Waals surface area contributed by atoms with E-state index < -0.39 is 0 Å². The average Bonchev–Trinajstić information content (AvgIpc) is 3.02. The van der Waals surface area contributed by atoms with Crippen molar-refractivity contribution in [1.82, 2.24) is 10.6 Å². The lowest BCUT2D eigenvalue weighted by atomic mass is 9.99. The number of nitrogens with one attached hydrogen (secondary N) is 2. The molecule has 1 saturated heterocycles. The third-order valence-corrected chi connectivity index (χ3v) is 3.75. The van der Waals surface area contributed by atoms with Crippen LogP contribution in [0.25, 0.3) is 0 Å². The number of amides is 1. The molecule has 0 aromatic rings. The Hall–Kier alpha value is -0.610. The zero-order chi connectivity index (χ0) is 12.3. The minimum atomic E-state index is -0.0892. The lowest BCUT2D eigenvalue weighted by Gasteiger charge is -2.20. The van der Waals surface area contributed by atoms with E-state index in [0.29, 0.717) is 18.1 Å². The highest BCUT2D eigenvalue weighted by Crippen LogP contribution is 2.22. The molecule has 2 fully saturated rings. The van der Waals surface area contributed by atoms with Crippen LogP contribution in [0.2, 0.25) is 0 Å². The zero-order valence-corrected chi connectivity index (χ0v) is 10.9. The second-order valence-electron chi connectivity index (χ2n) is 5.28. The fourth-order valence-electron chi connectivity index (χ4n) is 2.35. The Bertz CT molecular complexity index is 266. The van der Waals surface area contributed by atoms with Gasteiger partial charge in [-0.3, -0.25) is 4.79 Å². The Morgan fingerprint density at radius 2 is 2.18 bits per heavy atom. The minimum absolute atomic E-state index is 0.0892. The largest absolute Gasteiger partial charge is 0.378 e. The van der Waals surface area contributed by atoms with Crippen LogP contribution in [0, 0.1) is 5.92 Å². The summed E-state index contributed by atoms with van der Waals surface area (Å²) < 4.78 is 5.64. The molecule has 3 atom stereocenters. The van der Waals surface area contributed by atoms with Gasteiger partial charge in [-0.1, -0.05) is 6.92 Å². The molecule has 17 heavy (non-hydrogen) atoms. The molecule has 0 radical (unpaired) electrons. The summed E-state index contributed by atoms with van der Waals surface area (Å²) in [6.45, 7) is 5.85. The van der Waals surface area contributed by atoms with Gasteiger partial charge in [-0.25, -0.2) is 0 Å². The van der Waals surface area contributed by atoms with Gasteiger partial charge in [-0.15, -0.1) is 0 Å². The molecule has 2 rings (SSSR count). The molecule has 1 saturated carbocycles. The van der Waals surface area contributed by atoms with Gasteiger partial charge in [0, 0.05) is 19.2 Å². The van der Waals surface area contributed by atoms with Crippen LogP contribution >= 0.6 is 0 Å². The highest BCUT2D eigenvalue weighted by Gasteiger charge is 2.29. The first-order valence-electron chi connectivity index (χ1n) is 6.86. The van der Waals surface area contributed by atoms with Crippen molar-refractivity contribution >= 4 is 5.91 Å². The average molecular weight is 240 g/mol. The van der Waals surface area contributed by atoms with Crippen molar-refractivity contribution in [3.63, 3.8) is 0 Å². The van der Waals surface area contributed by atoms with Crippen LogP contribution in [0.5, 0.6) is 0 Å². The summed E-state index contributed by atoms with van der Waals surface area (Å²) in [6, 6.07) is 0.360. The number of carbonyl (C=O) groups excluding carboxylic acids is 1. The van der Waals surface area contributed by atoms with E-state index >= 15 is 0 Å². The third kappa shape index (κ3) is 3.68. The van der Waals surface area contributed by atoms with Crippen LogP contribution in [0.4, 0.5) is 0 Å². The highest BCUT2D eigenvalue weighted by atomic mass is 16.5. The number of ether oxygens (including phenoxy) is 1. The molecule has 3 unspecified atom stereocenters. The number of hydrogen-bond donors (Lipinski definition) is 2. The first-order valence-corrected chi connectivity index (χ1v) is 6.86. The van der Waals surface area contributed by atoms with Crippen molar-refractivity contribution in [1.29, 1.82) is 0 Å². The lowest BCUT2D eigenvalue weighted by molar-refractivity contribution is -0.122. The summed E-state index contributed by atoms with van der Waals surface area (Å²) in [5, 5.41) is 6.35. The molecule has 1 heterocycles. The lowest BCUT2D eigenvalue weighted by Crippen LogP contribution is -2.45. The zero-order valence-electron chi connectivity index (χ0n) is 10.9. The van der Waals surface area contributed by atoms with E-state index in [-0.39, 0.29) is 11.9 Å². The smallest absolute Gasteiger partial charge is 0.237 e. The summed E-state index contributed by atoms with van der Waals surface area (Å²) in [7, 11) is 0. The van der Waals surface area contributed by atoms with Crippen molar-refractivity contribution < 1.29 is 9.53 Å². The van der Waals surface area contributed by atoms with Crippen LogP contribution in [0.15, 0.2) is 0 Å². The Kier molecular flexibility index (Phi) is 4.40. The first-order chi connectivity index (χ1) is 8.20. The summed E-state index contributed by atoms with van der Waals surface area (Å²) in [6.07, 6.45) is 4.85. The van der Waals surface area contributed by atoms with Crippen LogP contribution in [-0.4, -0.2) is 37.2 Å². The van der Waals surface area contributed by atoms with Gasteiger partial charge in [0.25, 0.3) is 0 Å². The molecule has 1 aliphatic carbocycles. The number of rotatable bonds is 6. The predicted octanol–water partition coefficient (Wildman–Crippen LogP) is 1.06. The van der Waals surface area contributed by atoms with Gasteiger partial charge < -0.3 is 15.4 Å². The molecular weight excluding hydrogens is 216 g/mol. The van der Waals surface area contributed by atoms with Crippen LogP contribution in [-0.2, 0) is 9.53 Å². The van der Waals surface area contributed by atoms with Crippen molar-refractivity contribution in [2.45, 2.75) is 57.7 Å². The standard InChI is InChI=1S/C13H24N2O2/c1-3-12-10(6-7-17-12)8-14-9(2)13(16)15-11-4-5-11/h9-12,14H,3-8H2,1-2H3,(H,15,16). The quantitative estimate of drug-likeness (QED) is 0.730. The van der Waals surface area contributed by atoms with Gasteiger partial charge in [0.05, 0.1) is 12.1 Å². The first kappa shape index (κ1) is 12.8. The second kappa shape index (κ2) is 5.83. The van der Waals surface area contributed by atoms with Crippen LogP contribution in [0.3, 0.4) is 0 Å². The molecule has 0 aromatic carbocycles. The van der Waals surface area contributed by atoms with Gasteiger partial charge in [0.15, 0.2) is 0 Å². The van der Waals surface area contributed by atoms with Crippen molar-refractivity contribution in [2.24, 2.45) is 5.92 Å². The maximum atomic E-state index is 11.7. The van der Waals surface area contributed by atoms with Crippen molar-refractivity contribution in [2.75, 3.05) is 13.2 Å². The van der Waals surface area contributed by atoms with Gasteiger partial charge in [0.1, 0.15) is 0 Å². The van der Waals surface area contributed by atoms with E-state index in [0.717, 1.165) is 38.8 Å². The molecule has 2 N–H and O–H groups in total. The van der Waals surface area contributed by atoms with E-state index in [4.69, 9.17) is 4.74 Å². The maximum absolute atomic E-state index is 11.7. The Labute approximate surface area is 103 Å². The monoisotopic (exact) mass is 240 g/mol. The fourth-order valence-corrected chi connectivity index (χ4v) is 2.35. The molecule has 98 valence electrons. The molecule has 4 heteroatoms. The molecule has 0 spiro atoms. The minimum Gasteiger partial charge on any atom is -0.378 e. The third-order valence-electron chi connectivity index (χ3n) is 3.75. The molecule has 4 nitrogen and oxygen atoms in total. The van der Waals surface area contributed by atoms with Crippen LogP contribution in [0.1, 0.15) is 39.5 Å². The summed E-state index contributed by atoms with van der Waals surface area (Å²) in [5.74, 6) is 0.704. The number of carbonyl (C=O) groups is 1. The fraction of sp³-hybridized carbons (Fsp3) is 0.923. The highest BCUT2D eigenvalue weighted by molar-refractivity contribution is 5.81. The Morgan fingerprint density at radius 3 is 2.82 bits per heavy atom. The molecule has 1 aliphatic heterocycles. The second-order valence-corrected chi connectivity index (χ2v) is 5.28. The van der Waals surface area contributed by atoms with Crippen molar-refractivity contribution in [3.05, 3.63) is 0 Å². The van der Waals surface area contributed by atoms with Gasteiger partial charge in [0.2, 0.25) is 5.91 Å². The molecule has 0 aromatic heterocycles. The molecule has 2 aliphatic rings. The molecular formula is C13H24N2O2. The van der Waals surface area contributed by atoms with E-state index in [2.05, 4.69) is 17.6 Å². The van der Waals surface area contributed by atoms with E-state index in [1.165, 1.54) is 0 Å². The Balaban J connectivity index is 1.67. The topological polar surface area (TPSA) is 50.4 Å². The van der Waals surface area contributed by atoms with Crippen LogP contribution < -0.4 is 10.6 Å². The predicted molar refractivity (Wildman–Crippen MR) is 66.8 cm³/mol. The number of hydrogen-bond acceptors (Lipinski definition) is 3. The SMILES string of the molecule is CCC1OCCC1CNC(C)C(=O)NC1CC1. The summed E-state index contributed by atoms with van der Waals surface area (Å²) in [4.78, 5) is 11.7. The van der Waals surface area contributed by atoms with E-state index in [1.54, 1.807) is 0 Å². The van der Waals surface area contributed by atoms with Gasteiger partial charge >= 0.3 is 0 Å². The molecule has 0 bridgehead atoms. The maximum Gasteiger partial charge on any atom is 0.237 e.